The molecule has 32 heavy (non-hydrogen) atoms. The Kier molecular flexibility index (Phi) is 5.73. The Hall–Kier alpha value is -3.07. The molecule has 0 unspecified atom stereocenters. The maximum atomic E-state index is 12.7. The normalized spacial score (nSPS) is 14.7. The van der Waals surface area contributed by atoms with Gasteiger partial charge < -0.3 is 4.90 Å². The van der Waals surface area contributed by atoms with Crippen molar-refractivity contribution in [3.63, 3.8) is 0 Å². The summed E-state index contributed by atoms with van der Waals surface area (Å²) in [4.78, 5) is 34.6. The smallest absolute Gasteiger partial charge is 0.275 e. The third kappa shape index (κ3) is 4.29. The molecular weight excluding hydrogens is 446 g/mol. The molecule has 1 amide bonds. The summed E-state index contributed by atoms with van der Waals surface area (Å²) in [6.45, 7) is 3.22. The standard InChI is InChI=1S/C23H20ClN5O2S/c24-18-8-4-7-17(13-18)22(31)28-11-9-27(10-12-28)15-19-14-20(30)29-23(25-19)32-21(26-29)16-5-2-1-3-6-16/h1-8,13-14H,9-12,15H2. The molecule has 1 aliphatic rings. The lowest BCUT2D eigenvalue weighted by atomic mass is 10.2. The average molecular weight is 466 g/mol. The number of hydrogen-bond acceptors (Lipinski definition) is 6. The van der Waals surface area contributed by atoms with Gasteiger partial charge in [0.25, 0.3) is 11.5 Å². The molecule has 1 aliphatic heterocycles. The van der Waals surface area contributed by atoms with E-state index in [1.165, 1.54) is 15.9 Å². The minimum Gasteiger partial charge on any atom is -0.336 e. The van der Waals surface area contributed by atoms with Crippen LogP contribution in [0.2, 0.25) is 5.02 Å². The number of amides is 1. The quantitative estimate of drug-likeness (QED) is 0.462. The van der Waals surface area contributed by atoms with Crippen LogP contribution in [0.1, 0.15) is 16.1 Å². The minimum absolute atomic E-state index is 0.0111. The topological polar surface area (TPSA) is 70.8 Å². The predicted molar refractivity (Wildman–Crippen MR) is 125 cm³/mol. The molecule has 0 N–H and O–H groups in total. The highest BCUT2D eigenvalue weighted by Gasteiger charge is 2.23. The van der Waals surface area contributed by atoms with E-state index < -0.39 is 0 Å². The predicted octanol–water partition coefficient (Wildman–Crippen LogP) is 3.43. The van der Waals surface area contributed by atoms with E-state index in [0.717, 1.165) is 10.6 Å². The summed E-state index contributed by atoms with van der Waals surface area (Å²) < 4.78 is 1.36. The Morgan fingerprint density at radius 2 is 1.78 bits per heavy atom. The van der Waals surface area contributed by atoms with Crippen molar-refractivity contribution >= 4 is 33.8 Å². The molecule has 3 heterocycles. The summed E-state index contributed by atoms with van der Waals surface area (Å²) in [6.07, 6.45) is 0. The number of carbonyl (C=O) groups is 1. The molecule has 0 aliphatic carbocycles. The third-order valence-electron chi connectivity index (χ3n) is 5.44. The molecular formula is C23H20ClN5O2S. The lowest BCUT2D eigenvalue weighted by molar-refractivity contribution is 0.0627. The molecule has 1 fully saturated rings. The van der Waals surface area contributed by atoms with Gasteiger partial charge in [-0.15, -0.1) is 0 Å². The summed E-state index contributed by atoms with van der Waals surface area (Å²) in [5, 5.41) is 5.75. The van der Waals surface area contributed by atoms with Crippen molar-refractivity contribution < 1.29 is 4.79 Å². The number of carbonyl (C=O) groups excluding carboxylic acids is 1. The second-order valence-electron chi connectivity index (χ2n) is 7.63. The number of rotatable bonds is 4. The largest absolute Gasteiger partial charge is 0.336 e. The SMILES string of the molecule is O=C(c1cccc(Cl)c1)N1CCN(Cc2cc(=O)n3nc(-c4ccccc4)sc3n2)CC1. The Morgan fingerprint density at radius 3 is 2.53 bits per heavy atom. The Bertz CT molecular complexity index is 1330. The van der Waals surface area contributed by atoms with Crippen LogP contribution in [0.25, 0.3) is 15.5 Å². The van der Waals surface area contributed by atoms with E-state index in [9.17, 15) is 9.59 Å². The number of aromatic nitrogens is 3. The van der Waals surface area contributed by atoms with Crippen LogP contribution in [0, 0.1) is 0 Å². The molecule has 0 atom stereocenters. The molecule has 0 radical (unpaired) electrons. The summed E-state index contributed by atoms with van der Waals surface area (Å²) in [5.74, 6) is -0.0111. The van der Waals surface area contributed by atoms with Crippen LogP contribution >= 0.6 is 22.9 Å². The molecule has 7 nitrogen and oxygen atoms in total. The molecule has 9 heteroatoms. The minimum atomic E-state index is -0.182. The first-order valence-corrected chi connectivity index (χ1v) is 11.5. The zero-order valence-electron chi connectivity index (χ0n) is 17.1. The second kappa shape index (κ2) is 8.82. The van der Waals surface area contributed by atoms with Gasteiger partial charge in [-0.05, 0) is 18.2 Å². The highest BCUT2D eigenvalue weighted by molar-refractivity contribution is 7.19. The maximum absolute atomic E-state index is 12.7. The Morgan fingerprint density at radius 1 is 1.00 bits per heavy atom. The van der Waals surface area contributed by atoms with Crippen molar-refractivity contribution in [2.24, 2.45) is 0 Å². The van der Waals surface area contributed by atoms with E-state index in [2.05, 4.69) is 15.0 Å². The zero-order valence-corrected chi connectivity index (χ0v) is 18.7. The van der Waals surface area contributed by atoms with Gasteiger partial charge in [-0.25, -0.2) is 4.98 Å². The first-order valence-electron chi connectivity index (χ1n) is 10.3. The molecule has 0 bridgehead atoms. The van der Waals surface area contributed by atoms with Gasteiger partial charge in [0.15, 0.2) is 0 Å². The summed E-state index contributed by atoms with van der Waals surface area (Å²) >= 11 is 7.42. The van der Waals surface area contributed by atoms with E-state index in [1.807, 2.05) is 35.2 Å². The van der Waals surface area contributed by atoms with Gasteiger partial charge in [0.2, 0.25) is 4.96 Å². The van der Waals surface area contributed by atoms with E-state index in [4.69, 9.17) is 11.6 Å². The third-order valence-corrected chi connectivity index (χ3v) is 6.63. The van der Waals surface area contributed by atoms with Crippen LogP contribution in [-0.2, 0) is 6.54 Å². The molecule has 4 aromatic rings. The van der Waals surface area contributed by atoms with Gasteiger partial charge in [-0.1, -0.05) is 59.3 Å². The number of benzene rings is 2. The fourth-order valence-corrected chi connectivity index (χ4v) is 4.90. The highest BCUT2D eigenvalue weighted by Crippen LogP contribution is 2.24. The summed E-state index contributed by atoms with van der Waals surface area (Å²) in [7, 11) is 0. The number of nitrogens with zero attached hydrogens (tertiary/aromatic N) is 5. The molecule has 5 rings (SSSR count). The van der Waals surface area contributed by atoms with Gasteiger partial charge in [0.1, 0.15) is 5.01 Å². The summed E-state index contributed by atoms with van der Waals surface area (Å²) in [6, 6.07) is 18.3. The Labute approximate surface area is 193 Å². The van der Waals surface area contributed by atoms with Gasteiger partial charge in [0, 0.05) is 54.9 Å². The average Bonchev–Trinajstić information content (AvgIpc) is 3.25. The molecule has 0 spiro atoms. The van der Waals surface area contributed by atoms with Gasteiger partial charge >= 0.3 is 0 Å². The van der Waals surface area contributed by atoms with Crippen molar-refractivity contribution in [3.05, 3.63) is 87.3 Å². The van der Waals surface area contributed by atoms with Gasteiger partial charge in [0.05, 0.1) is 5.69 Å². The molecule has 0 saturated carbocycles. The molecule has 2 aromatic heterocycles. The lowest BCUT2D eigenvalue weighted by Crippen LogP contribution is -2.48. The van der Waals surface area contributed by atoms with Crippen LogP contribution in [0.15, 0.2) is 65.5 Å². The van der Waals surface area contributed by atoms with Gasteiger partial charge in [-0.3, -0.25) is 14.5 Å². The van der Waals surface area contributed by atoms with E-state index in [0.29, 0.717) is 54.0 Å². The monoisotopic (exact) mass is 465 g/mol. The van der Waals surface area contributed by atoms with Crippen molar-refractivity contribution in [1.82, 2.24) is 24.4 Å². The highest BCUT2D eigenvalue weighted by atomic mass is 35.5. The van der Waals surface area contributed by atoms with Gasteiger partial charge in [-0.2, -0.15) is 9.61 Å². The van der Waals surface area contributed by atoms with Crippen LogP contribution < -0.4 is 5.56 Å². The van der Waals surface area contributed by atoms with Crippen LogP contribution in [0.4, 0.5) is 0 Å². The molecule has 2 aromatic carbocycles. The van der Waals surface area contributed by atoms with E-state index >= 15 is 0 Å². The summed E-state index contributed by atoms with van der Waals surface area (Å²) in [5.41, 5.74) is 2.10. The van der Waals surface area contributed by atoms with E-state index in [-0.39, 0.29) is 11.5 Å². The number of piperazine rings is 1. The van der Waals surface area contributed by atoms with Crippen LogP contribution in [0.5, 0.6) is 0 Å². The second-order valence-corrected chi connectivity index (χ2v) is 9.02. The zero-order chi connectivity index (χ0) is 22.1. The van der Waals surface area contributed by atoms with Crippen molar-refractivity contribution in [2.45, 2.75) is 6.54 Å². The maximum Gasteiger partial charge on any atom is 0.275 e. The van der Waals surface area contributed by atoms with Crippen LogP contribution in [-0.4, -0.2) is 56.5 Å². The first-order chi connectivity index (χ1) is 15.6. The van der Waals surface area contributed by atoms with Crippen molar-refractivity contribution in [2.75, 3.05) is 26.2 Å². The fraction of sp³-hybridized carbons (Fsp3) is 0.217. The van der Waals surface area contributed by atoms with E-state index in [1.54, 1.807) is 30.3 Å². The van der Waals surface area contributed by atoms with Crippen molar-refractivity contribution in [1.29, 1.82) is 0 Å². The fourth-order valence-electron chi connectivity index (χ4n) is 3.78. The number of hydrogen-bond donors (Lipinski definition) is 0. The number of halogens is 1. The van der Waals surface area contributed by atoms with Crippen LogP contribution in [0.3, 0.4) is 0 Å². The molecule has 1 saturated heterocycles. The first kappa shape index (κ1) is 20.8. The number of fused-ring (bicyclic) bond motifs is 1. The van der Waals surface area contributed by atoms with Crippen molar-refractivity contribution in [3.8, 4) is 10.6 Å². The molecule has 162 valence electrons. The Balaban J connectivity index is 1.27. The lowest BCUT2D eigenvalue weighted by Gasteiger charge is -2.34.